The third kappa shape index (κ3) is 3.30. The van der Waals surface area contributed by atoms with Gasteiger partial charge in [-0.05, 0) is 24.3 Å². The Morgan fingerprint density at radius 3 is 2.75 bits per heavy atom. The summed E-state index contributed by atoms with van der Waals surface area (Å²) in [5.41, 5.74) is 0.914. The van der Waals surface area contributed by atoms with Crippen molar-refractivity contribution in [2.75, 3.05) is 0 Å². The zero-order valence-electron chi connectivity index (χ0n) is 8.64. The lowest BCUT2D eigenvalue weighted by Gasteiger charge is -2.08. The molecule has 2 aromatic heterocycles. The van der Waals surface area contributed by atoms with Crippen LogP contribution in [0.2, 0.25) is 4.34 Å². The van der Waals surface area contributed by atoms with Crippen LogP contribution in [0, 0.1) is 0 Å². The smallest absolute Gasteiger partial charge is 0.0931 e. The standard InChI is InChI=1S/C12H12ClNOS/c13-12-5-4-11(16-12)8-10(15)7-9-3-1-2-6-14-9/h1-6,10,15H,7-8H2. The van der Waals surface area contributed by atoms with Crippen molar-refractivity contribution in [3.05, 3.63) is 51.4 Å². The summed E-state index contributed by atoms with van der Waals surface area (Å²) in [5.74, 6) is 0. The number of nitrogens with zero attached hydrogens (tertiary/aromatic N) is 1. The predicted octanol–water partition coefficient (Wildman–Crippen LogP) is 2.94. The van der Waals surface area contributed by atoms with Gasteiger partial charge in [-0.3, -0.25) is 4.98 Å². The first kappa shape index (κ1) is 11.6. The summed E-state index contributed by atoms with van der Waals surface area (Å²) in [5, 5.41) is 9.89. The molecule has 2 heterocycles. The van der Waals surface area contributed by atoms with Gasteiger partial charge < -0.3 is 5.11 Å². The van der Waals surface area contributed by atoms with Gasteiger partial charge >= 0.3 is 0 Å². The van der Waals surface area contributed by atoms with E-state index in [1.807, 2.05) is 30.3 Å². The normalized spacial score (nSPS) is 12.6. The van der Waals surface area contributed by atoms with Crippen molar-refractivity contribution in [1.29, 1.82) is 0 Å². The Balaban J connectivity index is 1.92. The molecule has 0 bridgehead atoms. The number of rotatable bonds is 4. The molecule has 1 atom stereocenters. The number of thiophene rings is 1. The van der Waals surface area contributed by atoms with E-state index in [0.29, 0.717) is 12.8 Å². The fraction of sp³-hybridized carbons (Fsp3) is 0.250. The van der Waals surface area contributed by atoms with E-state index in [4.69, 9.17) is 11.6 Å². The molecule has 1 N–H and O–H groups in total. The molecule has 0 amide bonds. The summed E-state index contributed by atoms with van der Waals surface area (Å²) in [7, 11) is 0. The van der Waals surface area contributed by atoms with Gasteiger partial charge in [0.15, 0.2) is 0 Å². The third-order valence-electron chi connectivity index (χ3n) is 2.24. The van der Waals surface area contributed by atoms with E-state index >= 15 is 0 Å². The lowest BCUT2D eigenvalue weighted by molar-refractivity contribution is 0.175. The maximum Gasteiger partial charge on any atom is 0.0931 e. The highest BCUT2D eigenvalue weighted by Gasteiger charge is 2.09. The maximum atomic E-state index is 9.89. The highest BCUT2D eigenvalue weighted by Crippen LogP contribution is 2.22. The summed E-state index contributed by atoms with van der Waals surface area (Å²) in [6.45, 7) is 0. The molecule has 0 aliphatic heterocycles. The molecular weight excluding hydrogens is 242 g/mol. The van der Waals surface area contributed by atoms with Crippen LogP contribution in [0.1, 0.15) is 10.6 Å². The van der Waals surface area contributed by atoms with Gasteiger partial charge in [0.1, 0.15) is 0 Å². The van der Waals surface area contributed by atoms with E-state index in [1.54, 1.807) is 6.20 Å². The highest BCUT2D eigenvalue weighted by molar-refractivity contribution is 7.16. The molecule has 0 saturated heterocycles. The van der Waals surface area contributed by atoms with Gasteiger partial charge in [-0.2, -0.15) is 0 Å². The number of aromatic nitrogens is 1. The Hall–Kier alpha value is -0.900. The summed E-state index contributed by atoms with van der Waals surface area (Å²) in [4.78, 5) is 5.29. The van der Waals surface area contributed by atoms with E-state index in [1.165, 1.54) is 11.3 Å². The fourth-order valence-corrected chi connectivity index (χ4v) is 2.68. The molecule has 0 radical (unpaired) electrons. The van der Waals surface area contributed by atoms with Crippen LogP contribution in [0.25, 0.3) is 0 Å². The summed E-state index contributed by atoms with van der Waals surface area (Å²) >= 11 is 7.34. The van der Waals surface area contributed by atoms with Crippen LogP contribution in [0.4, 0.5) is 0 Å². The van der Waals surface area contributed by atoms with Gasteiger partial charge in [0.05, 0.1) is 10.4 Å². The quantitative estimate of drug-likeness (QED) is 0.909. The Bertz CT molecular complexity index is 443. The largest absolute Gasteiger partial charge is 0.392 e. The van der Waals surface area contributed by atoms with Crippen LogP contribution >= 0.6 is 22.9 Å². The van der Waals surface area contributed by atoms with Crippen LogP contribution in [-0.4, -0.2) is 16.2 Å². The number of aliphatic hydroxyl groups excluding tert-OH is 1. The van der Waals surface area contributed by atoms with Gasteiger partial charge in [0.2, 0.25) is 0 Å². The average Bonchev–Trinajstić information content (AvgIpc) is 2.65. The first-order valence-corrected chi connectivity index (χ1v) is 6.25. The summed E-state index contributed by atoms with van der Waals surface area (Å²) < 4.78 is 0.764. The Labute approximate surface area is 104 Å². The van der Waals surface area contributed by atoms with Crippen LogP contribution in [0.3, 0.4) is 0 Å². The van der Waals surface area contributed by atoms with Crippen molar-refractivity contribution < 1.29 is 5.11 Å². The van der Waals surface area contributed by atoms with Gasteiger partial charge in [-0.15, -0.1) is 11.3 Å². The molecule has 2 nitrogen and oxygen atoms in total. The molecule has 0 aliphatic rings. The minimum atomic E-state index is -0.399. The predicted molar refractivity (Wildman–Crippen MR) is 67.0 cm³/mol. The minimum Gasteiger partial charge on any atom is -0.392 e. The number of hydrogen-bond donors (Lipinski definition) is 1. The van der Waals surface area contributed by atoms with Gasteiger partial charge in [-0.25, -0.2) is 0 Å². The molecule has 0 spiro atoms. The number of halogens is 1. The molecular formula is C12H12ClNOS. The van der Waals surface area contributed by atoms with E-state index in [0.717, 1.165) is 14.9 Å². The van der Waals surface area contributed by atoms with Crippen molar-refractivity contribution in [1.82, 2.24) is 4.98 Å². The second kappa shape index (κ2) is 5.43. The molecule has 2 rings (SSSR count). The van der Waals surface area contributed by atoms with Crippen molar-refractivity contribution >= 4 is 22.9 Å². The summed E-state index contributed by atoms with van der Waals surface area (Å²) in [6.07, 6.45) is 2.55. The number of hydrogen-bond acceptors (Lipinski definition) is 3. The molecule has 2 aromatic rings. The highest BCUT2D eigenvalue weighted by atomic mass is 35.5. The second-order valence-corrected chi connectivity index (χ2v) is 5.39. The zero-order chi connectivity index (χ0) is 11.4. The molecule has 0 fully saturated rings. The molecule has 16 heavy (non-hydrogen) atoms. The molecule has 1 unspecified atom stereocenters. The van der Waals surface area contributed by atoms with Crippen LogP contribution in [0.15, 0.2) is 36.5 Å². The maximum absolute atomic E-state index is 9.89. The number of aliphatic hydroxyl groups is 1. The number of pyridine rings is 1. The summed E-state index contributed by atoms with van der Waals surface area (Å²) in [6, 6.07) is 9.53. The van der Waals surface area contributed by atoms with E-state index < -0.39 is 6.10 Å². The monoisotopic (exact) mass is 253 g/mol. The topological polar surface area (TPSA) is 33.1 Å². The first-order valence-electron chi connectivity index (χ1n) is 5.06. The van der Waals surface area contributed by atoms with E-state index in [9.17, 15) is 5.11 Å². The second-order valence-electron chi connectivity index (χ2n) is 3.59. The fourth-order valence-electron chi connectivity index (χ4n) is 1.53. The Morgan fingerprint density at radius 2 is 2.12 bits per heavy atom. The van der Waals surface area contributed by atoms with Crippen molar-refractivity contribution in [3.8, 4) is 0 Å². The van der Waals surface area contributed by atoms with E-state index in [-0.39, 0.29) is 0 Å². The minimum absolute atomic E-state index is 0.399. The molecule has 0 saturated carbocycles. The van der Waals surface area contributed by atoms with Gasteiger partial charge in [0, 0.05) is 29.6 Å². The SMILES string of the molecule is OC(Cc1ccccn1)Cc1ccc(Cl)s1. The Kier molecular flexibility index (Phi) is 3.93. The van der Waals surface area contributed by atoms with Gasteiger partial charge in [0.25, 0.3) is 0 Å². The van der Waals surface area contributed by atoms with Crippen molar-refractivity contribution in [3.63, 3.8) is 0 Å². The van der Waals surface area contributed by atoms with Gasteiger partial charge in [-0.1, -0.05) is 17.7 Å². The average molecular weight is 254 g/mol. The third-order valence-corrected chi connectivity index (χ3v) is 3.49. The molecule has 84 valence electrons. The molecule has 0 aromatic carbocycles. The first-order chi connectivity index (χ1) is 7.74. The molecule has 4 heteroatoms. The van der Waals surface area contributed by atoms with Crippen molar-refractivity contribution in [2.45, 2.75) is 18.9 Å². The van der Waals surface area contributed by atoms with Crippen LogP contribution in [-0.2, 0) is 12.8 Å². The van der Waals surface area contributed by atoms with E-state index in [2.05, 4.69) is 4.98 Å². The Morgan fingerprint density at radius 1 is 1.25 bits per heavy atom. The lowest BCUT2D eigenvalue weighted by atomic mass is 10.1. The van der Waals surface area contributed by atoms with Crippen LogP contribution < -0.4 is 0 Å². The lowest BCUT2D eigenvalue weighted by Crippen LogP contribution is -2.13. The zero-order valence-corrected chi connectivity index (χ0v) is 10.2. The molecule has 0 aliphatic carbocycles. The van der Waals surface area contributed by atoms with Crippen molar-refractivity contribution in [2.24, 2.45) is 0 Å². The van der Waals surface area contributed by atoms with Crippen LogP contribution in [0.5, 0.6) is 0 Å².